The molecule has 1 aliphatic heterocycles. The second kappa shape index (κ2) is 12.8. The summed E-state index contributed by atoms with van der Waals surface area (Å²) in [6.45, 7) is 6.92. The minimum Gasteiger partial charge on any atom is -0.480 e. The van der Waals surface area contributed by atoms with Crippen molar-refractivity contribution in [2.75, 3.05) is 48.3 Å². The molecule has 1 saturated heterocycles. The van der Waals surface area contributed by atoms with E-state index in [4.69, 9.17) is 16.6 Å². The fourth-order valence-electron chi connectivity index (χ4n) is 4.73. The lowest BCUT2D eigenvalue weighted by Crippen LogP contribution is -2.50. The number of nitrogens with two attached hydrogens (primary N) is 2. The number of aromatic nitrogens is 1. The third kappa shape index (κ3) is 7.10. The van der Waals surface area contributed by atoms with Crippen molar-refractivity contribution in [1.29, 1.82) is 0 Å². The number of nitrogen functional groups attached to an aromatic ring is 1. The molecule has 1 aromatic heterocycles. The number of rotatable bonds is 5. The van der Waals surface area contributed by atoms with Crippen molar-refractivity contribution in [3.05, 3.63) is 95.7 Å². The molecule has 4 aromatic rings. The van der Waals surface area contributed by atoms with Crippen molar-refractivity contribution in [2.45, 2.75) is 13.8 Å². The average Bonchev–Trinajstić information content (AvgIpc) is 2.97. The van der Waals surface area contributed by atoms with E-state index >= 15 is 0 Å². The summed E-state index contributed by atoms with van der Waals surface area (Å²) in [6.07, 6.45) is 1.60. The highest BCUT2D eigenvalue weighted by Gasteiger charge is 2.21. The molecular weight excluding hydrogens is 520 g/mol. The quantitative estimate of drug-likeness (QED) is 0.337. The fourth-order valence-corrected chi connectivity index (χ4v) is 4.73. The summed E-state index contributed by atoms with van der Waals surface area (Å²) in [5.41, 5.74) is 15.8. The molecule has 41 heavy (non-hydrogen) atoms. The van der Waals surface area contributed by atoms with Crippen molar-refractivity contribution >= 4 is 45.9 Å². The van der Waals surface area contributed by atoms with Crippen molar-refractivity contribution in [3.8, 4) is 0 Å². The van der Waals surface area contributed by atoms with E-state index in [1.165, 1.54) is 21.7 Å². The predicted octanol–water partition coefficient (Wildman–Crippen LogP) is 4.05. The lowest BCUT2D eigenvalue weighted by molar-refractivity contribution is -0.135. The molecule has 5 rings (SSSR count). The first-order valence-electron chi connectivity index (χ1n) is 13.2. The first kappa shape index (κ1) is 28.9. The van der Waals surface area contributed by atoms with E-state index in [2.05, 4.69) is 41.9 Å². The Labute approximate surface area is 238 Å². The van der Waals surface area contributed by atoms with Crippen LogP contribution in [0.5, 0.6) is 0 Å². The van der Waals surface area contributed by atoms with Gasteiger partial charge in [0, 0.05) is 54.7 Å². The number of para-hydroxylation sites is 1. The topological polar surface area (TPSA) is 146 Å². The Morgan fingerprint density at radius 1 is 0.927 bits per heavy atom. The van der Waals surface area contributed by atoms with E-state index in [9.17, 15) is 14.4 Å². The van der Waals surface area contributed by atoms with Crippen molar-refractivity contribution in [1.82, 2.24) is 9.88 Å². The van der Waals surface area contributed by atoms with Gasteiger partial charge in [-0.25, -0.2) is 9.78 Å². The molecule has 3 aromatic carbocycles. The predicted molar refractivity (Wildman–Crippen MR) is 161 cm³/mol. The molecule has 212 valence electrons. The van der Waals surface area contributed by atoms with E-state index < -0.39 is 18.4 Å². The summed E-state index contributed by atoms with van der Waals surface area (Å²) in [5, 5.41) is 10.7. The van der Waals surface area contributed by atoms with Gasteiger partial charge in [0.2, 0.25) is 0 Å². The van der Waals surface area contributed by atoms with Crippen LogP contribution in [-0.2, 0) is 4.79 Å². The maximum absolute atomic E-state index is 12.8. The van der Waals surface area contributed by atoms with Gasteiger partial charge >= 0.3 is 12.0 Å². The Kier molecular flexibility index (Phi) is 9.03. The van der Waals surface area contributed by atoms with Gasteiger partial charge in [-0.15, -0.1) is 0 Å². The zero-order chi connectivity index (χ0) is 29.5. The summed E-state index contributed by atoms with van der Waals surface area (Å²) >= 11 is 0. The molecule has 0 aliphatic carbocycles. The van der Waals surface area contributed by atoms with Crippen LogP contribution in [0.25, 0.3) is 10.8 Å². The van der Waals surface area contributed by atoms with Crippen LogP contribution in [0.4, 0.5) is 22.0 Å². The number of anilines is 3. The molecule has 0 unspecified atom stereocenters. The Bertz CT molecular complexity index is 1550. The molecule has 3 amide bonds. The van der Waals surface area contributed by atoms with E-state index in [0.717, 1.165) is 18.5 Å². The van der Waals surface area contributed by atoms with Gasteiger partial charge in [-0.1, -0.05) is 36.4 Å². The number of carboxylic acid groups (broad SMARTS) is 1. The van der Waals surface area contributed by atoms with Crippen LogP contribution in [0.15, 0.2) is 79.0 Å². The van der Waals surface area contributed by atoms with Crippen LogP contribution in [0.3, 0.4) is 0 Å². The normalized spacial score (nSPS) is 12.8. The number of pyridine rings is 1. The molecule has 10 heteroatoms. The number of amides is 3. The number of piperazine rings is 1. The molecule has 0 radical (unpaired) electrons. The molecule has 5 N–H and O–H groups in total. The molecule has 0 atom stereocenters. The monoisotopic (exact) mass is 554 g/mol. The maximum atomic E-state index is 12.8. The van der Waals surface area contributed by atoms with Gasteiger partial charge in [-0.05, 0) is 66.8 Å². The third-order valence-corrected chi connectivity index (χ3v) is 6.95. The van der Waals surface area contributed by atoms with E-state index in [0.29, 0.717) is 35.5 Å². The number of primary amides is 1. The van der Waals surface area contributed by atoms with Crippen molar-refractivity contribution in [2.24, 2.45) is 5.73 Å². The van der Waals surface area contributed by atoms with Gasteiger partial charge in [0.25, 0.3) is 5.91 Å². The van der Waals surface area contributed by atoms with Gasteiger partial charge in [0.1, 0.15) is 12.4 Å². The van der Waals surface area contributed by atoms with Crippen LogP contribution >= 0.6 is 0 Å². The number of carbonyl (C=O) groups excluding carboxylic acids is 2. The second-order valence-electron chi connectivity index (χ2n) is 9.85. The highest BCUT2D eigenvalue weighted by Crippen LogP contribution is 2.24. The van der Waals surface area contributed by atoms with Crippen LogP contribution in [0.2, 0.25) is 0 Å². The summed E-state index contributed by atoms with van der Waals surface area (Å²) in [7, 11) is 0. The first-order valence-corrected chi connectivity index (χ1v) is 13.2. The number of urea groups is 1. The number of hydrogen-bond acceptors (Lipinski definition) is 6. The SMILES string of the molecule is Cc1ccc(C)c(N2CCN(C(N)=O)CC2)c1.Nc1nccc2ccc(C(=O)N(CC(=O)O)c3ccccc3)cc12. The van der Waals surface area contributed by atoms with E-state index in [1.54, 1.807) is 65.7 Å². The minimum absolute atomic E-state index is 0.314. The van der Waals surface area contributed by atoms with Crippen LogP contribution < -0.4 is 21.3 Å². The third-order valence-electron chi connectivity index (χ3n) is 6.95. The number of hydrogen-bond donors (Lipinski definition) is 3. The van der Waals surface area contributed by atoms with Gasteiger partial charge in [0.05, 0.1) is 0 Å². The lowest BCUT2D eigenvalue weighted by atomic mass is 10.1. The molecule has 0 spiro atoms. The highest BCUT2D eigenvalue weighted by molar-refractivity contribution is 6.10. The number of aryl methyl sites for hydroxylation is 2. The first-order chi connectivity index (χ1) is 19.6. The van der Waals surface area contributed by atoms with Gasteiger partial charge < -0.3 is 26.4 Å². The highest BCUT2D eigenvalue weighted by atomic mass is 16.4. The number of benzene rings is 3. The number of carbonyl (C=O) groups is 3. The van der Waals surface area contributed by atoms with Crippen molar-refractivity contribution in [3.63, 3.8) is 0 Å². The summed E-state index contributed by atoms with van der Waals surface area (Å²) in [5.74, 6) is -1.17. The zero-order valence-corrected chi connectivity index (χ0v) is 23.2. The standard InChI is InChI=1S/C18H15N3O3.C13H19N3O/c19-17-15-10-13(7-6-12(15)8-9-20-17)18(24)21(11-16(22)23)14-4-2-1-3-5-14;1-10-3-4-11(2)12(9-10)15-5-7-16(8-6-15)13(14)17/h1-10H,11H2,(H2,19,20)(H,22,23);3-4,9H,5-8H2,1-2H3,(H2,14,17). The largest absolute Gasteiger partial charge is 0.480 e. The summed E-state index contributed by atoms with van der Waals surface area (Å²) in [6, 6.07) is 21.7. The van der Waals surface area contributed by atoms with Crippen LogP contribution in [0.1, 0.15) is 21.5 Å². The Balaban J connectivity index is 0.000000201. The molecule has 2 heterocycles. The molecule has 1 fully saturated rings. The van der Waals surface area contributed by atoms with Gasteiger partial charge in [-0.2, -0.15) is 0 Å². The summed E-state index contributed by atoms with van der Waals surface area (Å²) in [4.78, 5) is 44.3. The number of carboxylic acids is 1. The molecule has 1 aliphatic rings. The minimum atomic E-state index is -1.09. The lowest BCUT2D eigenvalue weighted by Gasteiger charge is -2.36. The van der Waals surface area contributed by atoms with Gasteiger partial charge in [0.15, 0.2) is 0 Å². The second-order valence-corrected chi connectivity index (χ2v) is 9.85. The number of aliphatic carboxylic acids is 1. The number of nitrogens with zero attached hydrogens (tertiary/aromatic N) is 4. The van der Waals surface area contributed by atoms with Crippen molar-refractivity contribution < 1.29 is 19.5 Å². The Morgan fingerprint density at radius 2 is 1.63 bits per heavy atom. The zero-order valence-electron chi connectivity index (χ0n) is 23.2. The Hall–Kier alpha value is -5.12. The van der Waals surface area contributed by atoms with E-state index in [-0.39, 0.29) is 6.03 Å². The summed E-state index contributed by atoms with van der Waals surface area (Å²) < 4.78 is 0. The Morgan fingerprint density at radius 3 is 2.29 bits per heavy atom. The molecular formula is C31H34N6O4. The van der Waals surface area contributed by atoms with Crippen LogP contribution in [0, 0.1) is 13.8 Å². The average molecular weight is 555 g/mol. The molecule has 0 saturated carbocycles. The van der Waals surface area contributed by atoms with Crippen LogP contribution in [-0.4, -0.2) is 65.6 Å². The van der Waals surface area contributed by atoms with Gasteiger partial charge in [-0.3, -0.25) is 14.5 Å². The molecule has 0 bridgehead atoms. The smallest absolute Gasteiger partial charge is 0.323 e. The molecule has 10 nitrogen and oxygen atoms in total. The number of fused-ring (bicyclic) bond motifs is 1. The van der Waals surface area contributed by atoms with E-state index in [1.807, 2.05) is 0 Å². The fraction of sp³-hybridized carbons (Fsp3) is 0.226. The maximum Gasteiger partial charge on any atom is 0.323 e.